The van der Waals surface area contributed by atoms with Gasteiger partial charge in [0.2, 0.25) is 11.8 Å². The second-order valence-corrected chi connectivity index (χ2v) is 7.43. The van der Waals surface area contributed by atoms with Gasteiger partial charge in [0.15, 0.2) is 0 Å². The molecular formula is C20H30N4O3. The predicted molar refractivity (Wildman–Crippen MR) is 105 cm³/mol. The SMILES string of the molecule is CC(C)CNC(=O)NC(=O)C(C)Nc1cccc(CN2CCCCC2=O)c1. The molecule has 0 aliphatic carbocycles. The van der Waals surface area contributed by atoms with Crippen LogP contribution in [-0.4, -0.2) is 41.9 Å². The quantitative estimate of drug-likeness (QED) is 0.684. The van der Waals surface area contributed by atoms with Crippen molar-refractivity contribution in [2.24, 2.45) is 5.92 Å². The van der Waals surface area contributed by atoms with E-state index in [1.165, 1.54) is 0 Å². The molecule has 27 heavy (non-hydrogen) atoms. The number of likely N-dealkylation sites (tertiary alicyclic amines) is 1. The number of carbonyl (C=O) groups is 3. The van der Waals surface area contributed by atoms with Gasteiger partial charge in [-0.15, -0.1) is 0 Å². The van der Waals surface area contributed by atoms with Gasteiger partial charge in [0, 0.05) is 31.7 Å². The second-order valence-electron chi connectivity index (χ2n) is 7.43. The molecule has 2 rings (SSSR count). The zero-order valence-electron chi connectivity index (χ0n) is 16.4. The van der Waals surface area contributed by atoms with Gasteiger partial charge in [0.25, 0.3) is 0 Å². The zero-order valence-corrected chi connectivity index (χ0v) is 16.4. The molecule has 0 bridgehead atoms. The summed E-state index contributed by atoms with van der Waals surface area (Å²) in [5.74, 6) is 0.114. The second kappa shape index (κ2) is 9.94. The number of hydrogen-bond acceptors (Lipinski definition) is 4. The predicted octanol–water partition coefficient (Wildman–Crippen LogP) is 2.48. The summed E-state index contributed by atoms with van der Waals surface area (Å²) in [6.07, 6.45) is 2.63. The average molecular weight is 374 g/mol. The third kappa shape index (κ3) is 6.92. The van der Waals surface area contributed by atoms with Crippen molar-refractivity contribution in [2.45, 2.75) is 52.6 Å². The highest BCUT2D eigenvalue weighted by atomic mass is 16.2. The Balaban J connectivity index is 1.87. The highest BCUT2D eigenvalue weighted by Gasteiger charge is 2.19. The van der Waals surface area contributed by atoms with E-state index in [1.54, 1.807) is 6.92 Å². The van der Waals surface area contributed by atoms with E-state index in [1.807, 2.05) is 43.0 Å². The first kappa shape index (κ1) is 20.7. The van der Waals surface area contributed by atoms with E-state index >= 15 is 0 Å². The number of rotatable bonds is 7. The van der Waals surface area contributed by atoms with Crippen LogP contribution in [0.4, 0.5) is 10.5 Å². The fourth-order valence-corrected chi connectivity index (χ4v) is 2.89. The van der Waals surface area contributed by atoms with Crippen LogP contribution in [0.25, 0.3) is 0 Å². The molecule has 148 valence electrons. The highest BCUT2D eigenvalue weighted by molar-refractivity contribution is 5.97. The van der Waals surface area contributed by atoms with Gasteiger partial charge in [-0.2, -0.15) is 0 Å². The highest BCUT2D eigenvalue weighted by Crippen LogP contribution is 2.17. The molecule has 1 heterocycles. The summed E-state index contributed by atoms with van der Waals surface area (Å²) in [4.78, 5) is 37.7. The molecule has 1 unspecified atom stereocenters. The minimum absolute atomic E-state index is 0.194. The first-order valence-electron chi connectivity index (χ1n) is 9.57. The largest absolute Gasteiger partial charge is 0.374 e. The molecule has 1 fully saturated rings. The van der Waals surface area contributed by atoms with Crippen molar-refractivity contribution in [2.75, 3.05) is 18.4 Å². The van der Waals surface area contributed by atoms with E-state index in [-0.39, 0.29) is 5.91 Å². The maximum Gasteiger partial charge on any atom is 0.321 e. The molecule has 0 spiro atoms. The Morgan fingerprint density at radius 2 is 1.96 bits per heavy atom. The first-order valence-corrected chi connectivity index (χ1v) is 9.57. The summed E-state index contributed by atoms with van der Waals surface area (Å²) in [5.41, 5.74) is 1.79. The number of urea groups is 1. The van der Waals surface area contributed by atoms with Crippen molar-refractivity contribution in [3.05, 3.63) is 29.8 Å². The molecular weight excluding hydrogens is 344 g/mol. The van der Waals surface area contributed by atoms with Gasteiger partial charge in [-0.05, 0) is 43.4 Å². The zero-order chi connectivity index (χ0) is 19.8. The molecule has 0 aromatic heterocycles. The van der Waals surface area contributed by atoms with Crippen molar-refractivity contribution in [3.8, 4) is 0 Å². The molecule has 7 nitrogen and oxygen atoms in total. The molecule has 1 aliphatic rings. The number of amides is 4. The Bertz CT molecular complexity index is 675. The Labute approximate surface area is 160 Å². The van der Waals surface area contributed by atoms with Gasteiger partial charge in [0.05, 0.1) is 0 Å². The fourth-order valence-electron chi connectivity index (χ4n) is 2.89. The lowest BCUT2D eigenvalue weighted by Gasteiger charge is -2.27. The van der Waals surface area contributed by atoms with Crippen LogP contribution in [0.15, 0.2) is 24.3 Å². The molecule has 0 radical (unpaired) electrons. The van der Waals surface area contributed by atoms with Crippen molar-refractivity contribution >= 4 is 23.5 Å². The van der Waals surface area contributed by atoms with Crippen molar-refractivity contribution in [3.63, 3.8) is 0 Å². The van der Waals surface area contributed by atoms with Crippen LogP contribution in [0.1, 0.15) is 45.6 Å². The number of anilines is 1. The van der Waals surface area contributed by atoms with E-state index in [4.69, 9.17) is 0 Å². The van der Waals surface area contributed by atoms with E-state index in [2.05, 4.69) is 16.0 Å². The third-order valence-electron chi connectivity index (χ3n) is 4.41. The lowest BCUT2D eigenvalue weighted by atomic mass is 10.1. The summed E-state index contributed by atoms with van der Waals surface area (Å²) in [6.45, 7) is 7.55. The van der Waals surface area contributed by atoms with Crippen LogP contribution in [-0.2, 0) is 16.1 Å². The van der Waals surface area contributed by atoms with Crippen molar-refractivity contribution in [1.29, 1.82) is 0 Å². The monoisotopic (exact) mass is 374 g/mol. The number of piperidine rings is 1. The number of hydrogen-bond donors (Lipinski definition) is 3. The van der Waals surface area contributed by atoms with Crippen LogP contribution in [0.5, 0.6) is 0 Å². The number of carbonyl (C=O) groups excluding carboxylic acids is 3. The molecule has 3 N–H and O–H groups in total. The van der Waals surface area contributed by atoms with E-state index in [0.717, 1.165) is 30.6 Å². The van der Waals surface area contributed by atoms with E-state index in [9.17, 15) is 14.4 Å². The number of imide groups is 1. The lowest BCUT2D eigenvalue weighted by Crippen LogP contribution is -2.46. The maximum atomic E-state index is 12.2. The summed E-state index contributed by atoms with van der Waals surface area (Å²) in [5, 5.41) is 8.10. The number of nitrogens with zero attached hydrogens (tertiary/aromatic N) is 1. The molecule has 1 atom stereocenters. The van der Waals surface area contributed by atoms with Crippen LogP contribution in [0.2, 0.25) is 0 Å². The van der Waals surface area contributed by atoms with Crippen LogP contribution in [0, 0.1) is 5.92 Å². The lowest BCUT2D eigenvalue weighted by molar-refractivity contribution is -0.133. The summed E-state index contributed by atoms with van der Waals surface area (Å²) < 4.78 is 0. The maximum absolute atomic E-state index is 12.2. The summed E-state index contributed by atoms with van der Waals surface area (Å²) >= 11 is 0. The minimum atomic E-state index is -0.568. The molecule has 1 aromatic rings. The Kier molecular flexibility index (Phi) is 7.64. The van der Waals surface area contributed by atoms with Gasteiger partial charge < -0.3 is 15.5 Å². The smallest absolute Gasteiger partial charge is 0.321 e. The summed E-state index contributed by atoms with van der Waals surface area (Å²) in [7, 11) is 0. The third-order valence-corrected chi connectivity index (χ3v) is 4.41. The van der Waals surface area contributed by atoms with Gasteiger partial charge in [0.1, 0.15) is 6.04 Å². The normalized spacial score (nSPS) is 15.4. The molecule has 1 aliphatic heterocycles. The molecule has 0 saturated carbocycles. The first-order chi connectivity index (χ1) is 12.8. The number of benzene rings is 1. The van der Waals surface area contributed by atoms with Gasteiger partial charge in [-0.25, -0.2) is 4.79 Å². The van der Waals surface area contributed by atoms with Crippen LogP contribution >= 0.6 is 0 Å². The van der Waals surface area contributed by atoms with Gasteiger partial charge in [-0.3, -0.25) is 14.9 Å². The minimum Gasteiger partial charge on any atom is -0.374 e. The molecule has 1 saturated heterocycles. The van der Waals surface area contributed by atoms with E-state index in [0.29, 0.717) is 25.4 Å². The van der Waals surface area contributed by atoms with Crippen LogP contribution in [0.3, 0.4) is 0 Å². The van der Waals surface area contributed by atoms with E-state index < -0.39 is 18.0 Å². The Morgan fingerprint density at radius 1 is 1.19 bits per heavy atom. The molecule has 7 heteroatoms. The molecule has 1 aromatic carbocycles. The van der Waals surface area contributed by atoms with Crippen molar-refractivity contribution in [1.82, 2.24) is 15.5 Å². The Hall–Kier alpha value is -2.57. The number of nitrogens with one attached hydrogen (secondary N) is 3. The molecule has 4 amide bonds. The van der Waals surface area contributed by atoms with Gasteiger partial charge >= 0.3 is 6.03 Å². The topological polar surface area (TPSA) is 90.5 Å². The van der Waals surface area contributed by atoms with Crippen molar-refractivity contribution < 1.29 is 14.4 Å². The van der Waals surface area contributed by atoms with Gasteiger partial charge in [-0.1, -0.05) is 26.0 Å². The average Bonchev–Trinajstić information content (AvgIpc) is 2.62. The summed E-state index contributed by atoms with van der Waals surface area (Å²) in [6, 6.07) is 6.61. The fraction of sp³-hybridized carbons (Fsp3) is 0.550. The standard InChI is InChI=1S/C20H30N4O3/c1-14(2)12-21-20(27)23-19(26)15(3)22-17-8-6-7-16(11-17)13-24-10-5-4-9-18(24)25/h6-8,11,14-15,22H,4-5,9-10,12-13H2,1-3H3,(H2,21,23,26,27). The Morgan fingerprint density at radius 3 is 2.67 bits per heavy atom. The van der Waals surface area contributed by atoms with Crippen LogP contribution < -0.4 is 16.0 Å².